The molecule has 1 aromatic rings. The predicted octanol–water partition coefficient (Wildman–Crippen LogP) is 3.50. The quantitative estimate of drug-likeness (QED) is 0.835. The monoisotopic (exact) mass is 256 g/mol. The molecule has 4 heteroatoms. The van der Waals surface area contributed by atoms with Gasteiger partial charge in [-0.3, -0.25) is 0 Å². The Bertz CT molecular complexity index is 425. The topological polar surface area (TPSA) is 29.5 Å². The Morgan fingerprint density at radius 2 is 1.56 bits per heavy atom. The van der Waals surface area contributed by atoms with Crippen molar-refractivity contribution in [1.29, 1.82) is 0 Å². The maximum absolute atomic E-state index is 12.9. The minimum absolute atomic E-state index is 0.360. The molecule has 0 aliphatic rings. The third-order valence-electron chi connectivity index (χ3n) is 2.98. The van der Waals surface area contributed by atoms with Gasteiger partial charge in [-0.25, -0.2) is 8.78 Å². The average molecular weight is 256 g/mol. The molecule has 1 aromatic carbocycles. The maximum Gasteiger partial charge on any atom is 0.130 e. The van der Waals surface area contributed by atoms with Gasteiger partial charge in [0.1, 0.15) is 17.2 Å². The fourth-order valence-electron chi connectivity index (χ4n) is 1.10. The molecule has 1 rings (SSSR count). The molecule has 0 unspecified atom stereocenters. The lowest BCUT2D eigenvalue weighted by atomic mass is 9.90. The van der Waals surface area contributed by atoms with Crippen LogP contribution < -0.4 is 0 Å². The molecule has 0 radical (unpaired) electrons. The lowest BCUT2D eigenvalue weighted by Gasteiger charge is -2.36. The molecule has 0 atom stereocenters. The van der Waals surface area contributed by atoms with Crippen LogP contribution in [0.4, 0.5) is 8.78 Å². The van der Waals surface area contributed by atoms with E-state index >= 15 is 0 Å². The molecular weight excluding hydrogens is 238 g/mol. The number of hydrogen-bond donors (Lipinski definition) is 1. The van der Waals surface area contributed by atoms with Crippen LogP contribution in [0.3, 0.4) is 0 Å². The van der Waals surface area contributed by atoms with Crippen molar-refractivity contribution >= 4 is 6.08 Å². The van der Waals surface area contributed by atoms with Crippen LogP contribution in [0.1, 0.15) is 33.3 Å². The van der Waals surface area contributed by atoms with Crippen molar-refractivity contribution in [2.24, 2.45) is 0 Å². The molecule has 0 saturated carbocycles. The first-order valence-electron chi connectivity index (χ1n) is 5.65. The third-order valence-corrected chi connectivity index (χ3v) is 2.98. The number of halogens is 2. The molecule has 0 spiro atoms. The lowest BCUT2D eigenvalue weighted by molar-refractivity contribution is -0.113. The van der Waals surface area contributed by atoms with Crippen LogP contribution in [-0.4, -0.2) is 16.3 Å². The second kappa shape index (κ2) is 5.06. The lowest BCUT2D eigenvalue weighted by Crippen LogP contribution is -2.46. The Morgan fingerprint density at radius 1 is 1.06 bits per heavy atom. The van der Waals surface area contributed by atoms with Crippen molar-refractivity contribution in [3.63, 3.8) is 0 Å². The van der Waals surface area contributed by atoms with Gasteiger partial charge in [0.2, 0.25) is 0 Å². The Labute approximate surface area is 106 Å². The summed E-state index contributed by atoms with van der Waals surface area (Å²) >= 11 is 0. The highest BCUT2D eigenvalue weighted by molar-refractivity contribution is 5.48. The van der Waals surface area contributed by atoms with Gasteiger partial charge in [0.15, 0.2) is 0 Å². The highest BCUT2D eigenvalue weighted by Crippen LogP contribution is 2.25. The molecule has 1 N–H and O–H groups in total. The molecule has 0 bridgehead atoms. The second-order valence-electron chi connectivity index (χ2n) is 5.19. The van der Waals surface area contributed by atoms with Crippen molar-refractivity contribution in [1.82, 2.24) is 0 Å². The van der Waals surface area contributed by atoms with Gasteiger partial charge in [-0.2, -0.15) is 0 Å². The molecule has 0 aliphatic carbocycles. The van der Waals surface area contributed by atoms with Crippen LogP contribution in [0.5, 0.6) is 0 Å². The van der Waals surface area contributed by atoms with E-state index in [0.717, 1.165) is 6.07 Å². The summed E-state index contributed by atoms with van der Waals surface area (Å²) in [5, 5.41) is 9.85. The summed E-state index contributed by atoms with van der Waals surface area (Å²) < 4.78 is 31.2. The summed E-state index contributed by atoms with van der Waals surface area (Å²) in [7, 11) is 0. The molecule has 18 heavy (non-hydrogen) atoms. The van der Waals surface area contributed by atoms with Gasteiger partial charge in [-0.15, -0.1) is 0 Å². The van der Waals surface area contributed by atoms with Crippen molar-refractivity contribution in [3.05, 3.63) is 41.7 Å². The fourth-order valence-corrected chi connectivity index (χ4v) is 1.10. The van der Waals surface area contributed by atoms with Crippen molar-refractivity contribution < 1.29 is 18.6 Å². The zero-order chi connectivity index (χ0) is 14.0. The van der Waals surface area contributed by atoms with Gasteiger partial charge in [-0.05, 0) is 51.5 Å². The second-order valence-corrected chi connectivity index (χ2v) is 5.19. The van der Waals surface area contributed by atoms with Gasteiger partial charge in [0.25, 0.3) is 0 Å². The molecule has 0 fully saturated rings. The van der Waals surface area contributed by atoms with E-state index in [1.165, 1.54) is 24.5 Å². The van der Waals surface area contributed by atoms with Crippen LogP contribution in [0.2, 0.25) is 0 Å². The summed E-state index contributed by atoms with van der Waals surface area (Å²) in [6.45, 7) is 6.71. The number of aliphatic hydroxyl groups is 1. The van der Waals surface area contributed by atoms with Crippen LogP contribution in [0.25, 0.3) is 6.08 Å². The highest BCUT2D eigenvalue weighted by Gasteiger charge is 2.36. The molecule has 2 nitrogen and oxygen atoms in total. The zero-order valence-electron chi connectivity index (χ0n) is 11.0. The van der Waals surface area contributed by atoms with Crippen molar-refractivity contribution in [2.45, 2.75) is 38.9 Å². The van der Waals surface area contributed by atoms with Crippen LogP contribution >= 0.6 is 0 Å². The SMILES string of the molecule is CC(C)(O)C(C)(C)O/C=C/c1cc(F)cc(F)c1. The minimum Gasteiger partial charge on any atom is -0.492 e. The molecular formula is C14H18F2O2. The number of ether oxygens (including phenoxy) is 1. The number of rotatable bonds is 4. The summed E-state index contributed by atoms with van der Waals surface area (Å²) in [5.74, 6) is -1.28. The van der Waals surface area contributed by atoms with Crippen LogP contribution in [-0.2, 0) is 4.74 Å². The van der Waals surface area contributed by atoms with E-state index in [2.05, 4.69) is 0 Å². The van der Waals surface area contributed by atoms with Crippen molar-refractivity contribution in [2.75, 3.05) is 0 Å². The third kappa shape index (κ3) is 3.81. The molecule has 0 amide bonds. The summed E-state index contributed by atoms with van der Waals surface area (Å²) in [6.07, 6.45) is 2.77. The molecule has 100 valence electrons. The van der Waals surface area contributed by atoms with Crippen LogP contribution in [0, 0.1) is 11.6 Å². The summed E-state index contributed by atoms with van der Waals surface area (Å²) in [5.41, 5.74) is -1.49. The van der Waals surface area contributed by atoms with E-state index in [1.807, 2.05) is 0 Å². The number of hydrogen-bond acceptors (Lipinski definition) is 2. The highest BCUT2D eigenvalue weighted by atomic mass is 19.1. The van der Waals surface area contributed by atoms with E-state index in [4.69, 9.17) is 4.74 Å². The molecule has 0 aliphatic heterocycles. The smallest absolute Gasteiger partial charge is 0.130 e. The largest absolute Gasteiger partial charge is 0.492 e. The van der Waals surface area contributed by atoms with Gasteiger partial charge < -0.3 is 9.84 Å². The normalized spacial score (nSPS) is 13.1. The summed E-state index contributed by atoms with van der Waals surface area (Å²) in [4.78, 5) is 0. The van der Waals surface area contributed by atoms with E-state index in [1.54, 1.807) is 27.7 Å². The minimum atomic E-state index is -1.04. The standard InChI is InChI=1S/C14H18F2O2/c1-13(2,17)14(3,4)18-6-5-10-7-11(15)9-12(16)8-10/h5-9,17H,1-4H3/b6-5+. The van der Waals surface area contributed by atoms with E-state index in [-0.39, 0.29) is 0 Å². The summed E-state index contributed by atoms with van der Waals surface area (Å²) in [6, 6.07) is 3.19. The maximum atomic E-state index is 12.9. The molecule has 0 saturated heterocycles. The van der Waals surface area contributed by atoms with Gasteiger partial charge in [-0.1, -0.05) is 0 Å². The van der Waals surface area contributed by atoms with Gasteiger partial charge >= 0.3 is 0 Å². The Kier molecular flexibility index (Phi) is 4.12. The van der Waals surface area contributed by atoms with E-state index < -0.39 is 22.8 Å². The zero-order valence-corrected chi connectivity index (χ0v) is 11.0. The Morgan fingerprint density at radius 3 is 2.00 bits per heavy atom. The first-order valence-corrected chi connectivity index (χ1v) is 5.65. The Hall–Kier alpha value is -1.42. The van der Waals surface area contributed by atoms with Crippen molar-refractivity contribution in [3.8, 4) is 0 Å². The average Bonchev–Trinajstić information content (AvgIpc) is 2.13. The van der Waals surface area contributed by atoms with Gasteiger partial charge in [0, 0.05) is 6.07 Å². The fraction of sp³-hybridized carbons (Fsp3) is 0.429. The predicted molar refractivity (Wildman–Crippen MR) is 66.9 cm³/mol. The van der Waals surface area contributed by atoms with Gasteiger partial charge in [0.05, 0.1) is 11.9 Å². The first kappa shape index (κ1) is 14.6. The molecule has 0 heterocycles. The Balaban J connectivity index is 2.77. The van der Waals surface area contributed by atoms with E-state index in [0.29, 0.717) is 5.56 Å². The molecule has 0 aromatic heterocycles. The first-order chi connectivity index (χ1) is 8.12. The van der Waals surface area contributed by atoms with E-state index in [9.17, 15) is 13.9 Å². The van der Waals surface area contributed by atoms with Crippen LogP contribution in [0.15, 0.2) is 24.5 Å². The number of benzene rings is 1.